The Kier molecular flexibility index (Phi) is 5.51. The third kappa shape index (κ3) is 4.93. The standard InChI is InChI=1S/C21H28N6O2/c1-26(20(29)13-27-12-17(10-25-27)14-4-5-14)18(15-6-7-15)11-24-19(28)9-16-3-2-8-23-21(16)22/h2-3,8,10,12,14-15,18H,4-7,9,11,13H2,1H3,(H2,22,23)(H,24,28). The van der Waals surface area contributed by atoms with Crippen LogP contribution in [0.3, 0.4) is 0 Å². The molecule has 2 aliphatic rings. The Balaban J connectivity index is 1.31. The van der Waals surface area contributed by atoms with E-state index in [9.17, 15) is 9.59 Å². The Morgan fingerprint density at radius 2 is 2.14 bits per heavy atom. The number of likely N-dealkylation sites (N-methyl/N-ethyl adjacent to an activating group) is 1. The number of carbonyl (C=O) groups is 2. The van der Waals surface area contributed by atoms with E-state index in [1.54, 1.807) is 27.9 Å². The molecule has 2 saturated carbocycles. The van der Waals surface area contributed by atoms with Crippen LogP contribution in [0.2, 0.25) is 0 Å². The third-order valence-electron chi connectivity index (χ3n) is 5.84. The number of nitrogens with one attached hydrogen (secondary N) is 1. The van der Waals surface area contributed by atoms with Gasteiger partial charge in [0.05, 0.1) is 18.7 Å². The molecular weight excluding hydrogens is 368 g/mol. The van der Waals surface area contributed by atoms with Crippen LogP contribution in [-0.4, -0.2) is 51.1 Å². The second kappa shape index (κ2) is 8.23. The molecule has 1 unspecified atom stereocenters. The summed E-state index contributed by atoms with van der Waals surface area (Å²) in [5.41, 5.74) is 7.75. The minimum absolute atomic E-state index is 0.00356. The largest absolute Gasteiger partial charge is 0.383 e. The van der Waals surface area contributed by atoms with Crippen molar-refractivity contribution in [3.63, 3.8) is 0 Å². The van der Waals surface area contributed by atoms with E-state index >= 15 is 0 Å². The van der Waals surface area contributed by atoms with Gasteiger partial charge in [0.15, 0.2) is 0 Å². The molecule has 8 heteroatoms. The van der Waals surface area contributed by atoms with Crippen LogP contribution < -0.4 is 11.1 Å². The van der Waals surface area contributed by atoms with Gasteiger partial charge in [-0.15, -0.1) is 0 Å². The fourth-order valence-electron chi connectivity index (χ4n) is 3.68. The summed E-state index contributed by atoms with van der Waals surface area (Å²) in [6.07, 6.45) is 10.2. The van der Waals surface area contributed by atoms with Gasteiger partial charge >= 0.3 is 0 Å². The van der Waals surface area contributed by atoms with Crippen molar-refractivity contribution in [1.82, 2.24) is 25.0 Å². The molecule has 2 amide bonds. The minimum atomic E-state index is -0.114. The first-order valence-electron chi connectivity index (χ1n) is 10.3. The van der Waals surface area contributed by atoms with Gasteiger partial charge in [0.2, 0.25) is 11.8 Å². The fraction of sp³-hybridized carbons (Fsp3) is 0.524. The lowest BCUT2D eigenvalue weighted by atomic mass is 10.1. The van der Waals surface area contributed by atoms with Crippen LogP contribution in [0.1, 0.15) is 42.7 Å². The molecule has 8 nitrogen and oxygen atoms in total. The van der Waals surface area contributed by atoms with Gasteiger partial charge < -0.3 is 16.0 Å². The summed E-state index contributed by atoms with van der Waals surface area (Å²) >= 11 is 0. The SMILES string of the molecule is CN(C(=O)Cn1cc(C2CC2)cn1)C(CNC(=O)Cc1cccnc1N)C1CC1. The molecule has 3 N–H and O–H groups in total. The van der Waals surface area contributed by atoms with Crippen LogP contribution in [0.15, 0.2) is 30.7 Å². The maximum atomic E-state index is 12.8. The molecule has 0 saturated heterocycles. The molecule has 2 aromatic heterocycles. The van der Waals surface area contributed by atoms with Gasteiger partial charge in [-0.2, -0.15) is 5.10 Å². The zero-order valence-electron chi connectivity index (χ0n) is 16.8. The third-order valence-corrected chi connectivity index (χ3v) is 5.84. The lowest BCUT2D eigenvalue weighted by Gasteiger charge is -2.28. The van der Waals surface area contributed by atoms with Crippen LogP contribution in [0.4, 0.5) is 5.82 Å². The van der Waals surface area contributed by atoms with Crippen molar-refractivity contribution in [2.45, 2.75) is 50.6 Å². The highest BCUT2D eigenvalue weighted by Crippen LogP contribution is 2.39. The smallest absolute Gasteiger partial charge is 0.244 e. The number of hydrogen-bond acceptors (Lipinski definition) is 5. The van der Waals surface area contributed by atoms with Gasteiger partial charge in [-0.1, -0.05) is 6.07 Å². The van der Waals surface area contributed by atoms with Crippen molar-refractivity contribution < 1.29 is 9.59 Å². The van der Waals surface area contributed by atoms with E-state index in [0.717, 1.165) is 12.8 Å². The van der Waals surface area contributed by atoms with Gasteiger partial charge in [-0.3, -0.25) is 14.3 Å². The van der Waals surface area contributed by atoms with E-state index in [4.69, 9.17) is 5.73 Å². The number of pyridine rings is 1. The predicted octanol–water partition coefficient (Wildman–Crippen LogP) is 1.33. The number of nitrogens with zero attached hydrogens (tertiary/aromatic N) is 4. The number of anilines is 1. The Morgan fingerprint density at radius 1 is 1.34 bits per heavy atom. The highest BCUT2D eigenvalue weighted by molar-refractivity contribution is 5.80. The summed E-state index contributed by atoms with van der Waals surface area (Å²) in [7, 11) is 1.82. The van der Waals surface area contributed by atoms with Gasteiger partial charge in [-0.25, -0.2) is 4.98 Å². The number of aromatic nitrogens is 3. The van der Waals surface area contributed by atoms with Crippen LogP contribution >= 0.6 is 0 Å². The second-order valence-electron chi connectivity index (χ2n) is 8.18. The molecular formula is C21H28N6O2. The van der Waals surface area contributed by atoms with E-state index in [2.05, 4.69) is 15.4 Å². The molecule has 2 fully saturated rings. The van der Waals surface area contributed by atoms with Crippen molar-refractivity contribution in [3.8, 4) is 0 Å². The molecule has 29 heavy (non-hydrogen) atoms. The van der Waals surface area contributed by atoms with E-state index in [1.807, 2.05) is 19.4 Å². The number of carbonyl (C=O) groups excluding carboxylic acids is 2. The van der Waals surface area contributed by atoms with Crippen LogP contribution in [0.25, 0.3) is 0 Å². The maximum absolute atomic E-state index is 12.8. The first kappa shape index (κ1) is 19.4. The Morgan fingerprint density at radius 3 is 2.83 bits per heavy atom. The molecule has 2 heterocycles. The van der Waals surface area contributed by atoms with E-state index in [-0.39, 0.29) is 30.8 Å². The van der Waals surface area contributed by atoms with Crippen LogP contribution in [0, 0.1) is 5.92 Å². The van der Waals surface area contributed by atoms with Crippen molar-refractivity contribution in [1.29, 1.82) is 0 Å². The quantitative estimate of drug-likeness (QED) is 0.665. The monoisotopic (exact) mass is 396 g/mol. The number of hydrogen-bond donors (Lipinski definition) is 2. The second-order valence-corrected chi connectivity index (χ2v) is 8.18. The summed E-state index contributed by atoms with van der Waals surface area (Å²) in [6.45, 7) is 0.672. The lowest BCUT2D eigenvalue weighted by molar-refractivity contribution is -0.133. The molecule has 0 aliphatic heterocycles. The summed E-state index contributed by atoms with van der Waals surface area (Å²) in [6, 6.07) is 3.56. The highest BCUT2D eigenvalue weighted by Gasteiger charge is 2.36. The Labute approximate surface area is 170 Å². The predicted molar refractivity (Wildman–Crippen MR) is 109 cm³/mol. The van der Waals surface area contributed by atoms with Gasteiger partial charge in [0.25, 0.3) is 0 Å². The number of amides is 2. The van der Waals surface area contributed by atoms with E-state index in [0.29, 0.717) is 29.8 Å². The Bertz CT molecular complexity index is 887. The van der Waals surface area contributed by atoms with E-state index < -0.39 is 0 Å². The topological polar surface area (TPSA) is 106 Å². The normalized spacial score (nSPS) is 17.0. The lowest BCUT2D eigenvalue weighted by Crippen LogP contribution is -2.47. The highest BCUT2D eigenvalue weighted by atomic mass is 16.2. The van der Waals surface area contributed by atoms with Crippen LogP contribution in [-0.2, 0) is 22.6 Å². The number of rotatable bonds is 9. The molecule has 0 spiro atoms. The van der Waals surface area contributed by atoms with Gasteiger partial charge in [0, 0.05) is 31.5 Å². The number of nitrogen functional groups attached to an aromatic ring is 1. The molecule has 154 valence electrons. The summed E-state index contributed by atoms with van der Waals surface area (Å²) < 4.78 is 1.72. The first-order chi connectivity index (χ1) is 14.0. The summed E-state index contributed by atoms with van der Waals surface area (Å²) in [5.74, 6) is 1.33. The zero-order chi connectivity index (χ0) is 20.4. The zero-order valence-corrected chi connectivity index (χ0v) is 16.8. The fourth-order valence-corrected chi connectivity index (χ4v) is 3.68. The average Bonchev–Trinajstić information content (AvgIpc) is 3.63. The maximum Gasteiger partial charge on any atom is 0.244 e. The summed E-state index contributed by atoms with van der Waals surface area (Å²) in [5, 5.41) is 7.30. The number of nitrogens with two attached hydrogens (primary N) is 1. The first-order valence-corrected chi connectivity index (χ1v) is 10.3. The van der Waals surface area contributed by atoms with Gasteiger partial charge in [0.1, 0.15) is 12.4 Å². The molecule has 2 aliphatic carbocycles. The molecule has 1 atom stereocenters. The van der Waals surface area contributed by atoms with Gasteiger partial charge in [-0.05, 0) is 49.1 Å². The molecule has 2 aromatic rings. The molecule has 4 rings (SSSR count). The molecule has 0 radical (unpaired) electrons. The minimum Gasteiger partial charge on any atom is -0.383 e. The average molecular weight is 396 g/mol. The van der Waals surface area contributed by atoms with Crippen molar-refractivity contribution in [3.05, 3.63) is 41.9 Å². The van der Waals surface area contributed by atoms with Crippen molar-refractivity contribution in [2.75, 3.05) is 19.3 Å². The molecule has 0 aromatic carbocycles. The van der Waals surface area contributed by atoms with E-state index in [1.165, 1.54) is 18.4 Å². The van der Waals surface area contributed by atoms with Crippen LogP contribution in [0.5, 0.6) is 0 Å². The van der Waals surface area contributed by atoms with Crippen molar-refractivity contribution >= 4 is 17.6 Å². The Hall–Kier alpha value is -2.90. The molecule has 0 bridgehead atoms. The summed E-state index contributed by atoms with van der Waals surface area (Å²) in [4.78, 5) is 30.9. The van der Waals surface area contributed by atoms with Crippen molar-refractivity contribution in [2.24, 2.45) is 5.92 Å².